The van der Waals surface area contributed by atoms with E-state index in [2.05, 4.69) is 56.4 Å². The van der Waals surface area contributed by atoms with Crippen molar-refractivity contribution in [2.45, 2.75) is 78.8 Å². The van der Waals surface area contributed by atoms with Gasteiger partial charge in [0.1, 0.15) is 0 Å². The smallest absolute Gasteiger partial charge is 0.0572 e. The number of allylic oxidation sites excluding steroid dienone is 1. The van der Waals surface area contributed by atoms with Crippen LogP contribution in [0.25, 0.3) is 0 Å². The van der Waals surface area contributed by atoms with Gasteiger partial charge in [-0.3, -0.25) is 9.88 Å². The highest BCUT2D eigenvalue weighted by Crippen LogP contribution is 2.24. The van der Waals surface area contributed by atoms with Crippen LogP contribution in [-0.2, 0) is 0 Å². The van der Waals surface area contributed by atoms with Crippen molar-refractivity contribution in [1.29, 1.82) is 0 Å². The van der Waals surface area contributed by atoms with Gasteiger partial charge in [0.2, 0.25) is 0 Å². The maximum Gasteiger partial charge on any atom is 0.0572 e. The fourth-order valence-electron chi connectivity index (χ4n) is 2.67. The predicted octanol–water partition coefficient (Wildman–Crippen LogP) is 6.02. The van der Waals surface area contributed by atoms with Gasteiger partial charge in [-0.2, -0.15) is 0 Å². The van der Waals surface area contributed by atoms with Gasteiger partial charge >= 0.3 is 0 Å². The van der Waals surface area contributed by atoms with Gasteiger partial charge < -0.3 is 0 Å². The van der Waals surface area contributed by atoms with Gasteiger partial charge in [-0.1, -0.05) is 38.8 Å². The van der Waals surface area contributed by atoms with Crippen LogP contribution in [-0.4, -0.2) is 23.0 Å². The Labute approximate surface area is 138 Å². The van der Waals surface area contributed by atoms with E-state index in [0.29, 0.717) is 12.1 Å². The summed E-state index contributed by atoms with van der Waals surface area (Å²) in [6.07, 6.45) is 8.00. The van der Waals surface area contributed by atoms with Crippen molar-refractivity contribution in [3.8, 4) is 0 Å². The van der Waals surface area contributed by atoms with Crippen LogP contribution in [0.5, 0.6) is 0 Å². The van der Waals surface area contributed by atoms with E-state index in [1.807, 2.05) is 26.1 Å². The topological polar surface area (TPSA) is 16.1 Å². The molecule has 0 saturated heterocycles. The number of pyridine rings is 1. The largest absolute Gasteiger partial charge is 0.295 e. The molecule has 0 aliphatic rings. The molecule has 0 amide bonds. The second-order valence-electron chi connectivity index (χ2n) is 5.89. The van der Waals surface area contributed by atoms with Gasteiger partial charge in [-0.25, -0.2) is 0 Å². The Morgan fingerprint density at radius 1 is 1.27 bits per heavy atom. The zero-order valence-corrected chi connectivity index (χ0v) is 15.6. The minimum absolute atomic E-state index is 0.373. The van der Waals surface area contributed by atoms with E-state index in [4.69, 9.17) is 0 Å². The molecule has 1 rings (SSSR count). The second-order valence-corrected chi connectivity index (χ2v) is 5.89. The van der Waals surface area contributed by atoms with Crippen molar-refractivity contribution >= 4 is 0 Å². The van der Waals surface area contributed by atoms with Crippen LogP contribution in [0.4, 0.5) is 0 Å². The first kappa shape index (κ1) is 20.9. The summed E-state index contributed by atoms with van der Waals surface area (Å²) in [6.45, 7) is 14.6. The van der Waals surface area contributed by atoms with E-state index in [1.54, 1.807) is 0 Å². The standard InChI is InChI=1S/C18H30N2.C2H6/c1-6-10-17(12-9-11-15(2)3)20(5)16(4)18-13-7-8-14-19-18;1-2/h7-8,13-14,16-17H,2,6,9-12H2,1,3-5H3;1-2H3/t16?,17-;/m0./s1. The SMILES string of the molecule is C=C(C)CCC[C@H](CCC)N(C)C(C)c1ccccn1.CC. The molecule has 1 aromatic heterocycles. The maximum atomic E-state index is 4.49. The third-order valence-corrected chi connectivity index (χ3v) is 4.07. The summed E-state index contributed by atoms with van der Waals surface area (Å²) in [5.41, 5.74) is 2.46. The molecule has 0 radical (unpaired) electrons. The average molecular weight is 305 g/mol. The molecule has 0 saturated carbocycles. The highest BCUT2D eigenvalue weighted by Gasteiger charge is 2.20. The van der Waals surface area contributed by atoms with Crippen LogP contribution >= 0.6 is 0 Å². The van der Waals surface area contributed by atoms with Crippen molar-refractivity contribution < 1.29 is 0 Å². The highest BCUT2D eigenvalue weighted by atomic mass is 15.2. The summed E-state index contributed by atoms with van der Waals surface area (Å²) in [7, 11) is 2.24. The lowest BCUT2D eigenvalue weighted by Gasteiger charge is -2.33. The van der Waals surface area contributed by atoms with Crippen LogP contribution in [0.3, 0.4) is 0 Å². The monoisotopic (exact) mass is 304 g/mol. The van der Waals surface area contributed by atoms with Crippen molar-refractivity contribution in [3.63, 3.8) is 0 Å². The first-order chi connectivity index (χ1) is 10.6. The Bertz CT molecular complexity index is 386. The third-order valence-electron chi connectivity index (χ3n) is 4.07. The molecule has 0 bridgehead atoms. The van der Waals surface area contributed by atoms with Crippen LogP contribution in [0.15, 0.2) is 36.5 Å². The lowest BCUT2D eigenvalue weighted by atomic mass is 10.00. The van der Waals surface area contributed by atoms with E-state index in [-0.39, 0.29) is 0 Å². The molecule has 1 heterocycles. The molecule has 126 valence electrons. The summed E-state index contributed by atoms with van der Waals surface area (Å²) in [6, 6.07) is 7.18. The van der Waals surface area contributed by atoms with E-state index in [0.717, 1.165) is 12.1 Å². The molecule has 0 fully saturated rings. The van der Waals surface area contributed by atoms with E-state index in [9.17, 15) is 0 Å². The Hall–Kier alpha value is -1.15. The molecule has 22 heavy (non-hydrogen) atoms. The molecular weight excluding hydrogens is 268 g/mol. The average Bonchev–Trinajstić information content (AvgIpc) is 2.55. The predicted molar refractivity (Wildman–Crippen MR) is 99.1 cm³/mol. The van der Waals surface area contributed by atoms with Crippen LogP contribution in [0.2, 0.25) is 0 Å². The van der Waals surface area contributed by atoms with E-state index < -0.39 is 0 Å². The van der Waals surface area contributed by atoms with E-state index >= 15 is 0 Å². The van der Waals surface area contributed by atoms with Crippen molar-refractivity contribution in [3.05, 3.63) is 42.2 Å². The Balaban J connectivity index is 0.00000211. The molecule has 0 aliphatic heterocycles. The number of rotatable bonds is 9. The quantitative estimate of drug-likeness (QED) is 0.519. The molecule has 0 spiro atoms. The molecule has 0 N–H and O–H groups in total. The van der Waals surface area contributed by atoms with Gasteiger partial charge in [0, 0.05) is 18.3 Å². The fraction of sp³-hybridized carbons (Fsp3) is 0.650. The summed E-state index contributed by atoms with van der Waals surface area (Å²) < 4.78 is 0. The second kappa shape index (κ2) is 12.4. The summed E-state index contributed by atoms with van der Waals surface area (Å²) in [5.74, 6) is 0. The van der Waals surface area contributed by atoms with Crippen LogP contribution < -0.4 is 0 Å². The first-order valence-corrected chi connectivity index (χ1v) is 8.83. The summed E-state index contributed by atoms with van der Waals surface area (Å²) >= 11 is 0. The van der Waals surface area contributed by atoms with Crippen molar-refractivity contribution in [2.24, 2.45) is 0 Å². The van der Waals surface area contributed by atoms with Crippen LogP contribution in [0, 0.1) is 0 Å². The molecular formula is C20H36N2. The molecule has 0 aromatic carbocycles. The van der Waals surface area contributed by atoms with Gasteiger partial charge in [0.15, 0.2) is 0 Å². The minimum atomic E-state index is 0.373. The number of hydrogen-bond acceptors (Lipinski definition) is 2. The minimum Gasteiger partial charge on any atom is -0.295 e. The Morgan fingerprint density at radius 3 is 2.45 bits per heavy atom. The molecule has 0 aliphatic carbocycles. The van der Waals surface area contributed by atoms with Crippen molar-refractivity contribution in [1.82, 2.24) is 9.88 Å². The highest BCUT2D eigenvalue weighted by molar-refractivity contribution is 5.08. The summed E-state index contributed by atoms with van der Waals surface area (Å²) in [4.78, 5) is 6.99. The van der Waals surface area contributed by atoms with Gasteiger partial charge in [0.25, 0.3) is 0 Å². The zero-order valence-electron chi connectivity index (χ0n) is 15.6. The molecule has 1 aromatic rings. The Morgan fingerprint density at radius 2 is 1.95 bits per heavy atom. The third kappa shape index (κ3) is 7.74. The normalized spacial score (nSPS) is 13.2. The lowest BCUT2D eigenvalue weighted by molar-refractivity contribution is 0.161. The zero-order chi connectivity index (χ0) is 17.0. The maximum absolute atomic E-state index is 4.49. The number of nitrogens with zero attached hydrogens (tertiary/aromatic N) is 2. The molecule has 1 unspecified atom stereocenters. The Kier molecular flexibility index (Phi) is 11.8. The van der Waals surface area contributed by atoms with Crippen LogP contribution in [0.1, 0.15) is 78.5 Å². The van der Waals surface area contributed by atoms with E-state index in [1.165, 1.54) is 31.3 Å². The molecule has 2 atom stereocenters. The fourth-order valence-corrected chi connectivity index (χ4v) is 2.67. The van der Waals surface area contributed by atoms with Gasteiger partial charge in [-0.15, -0.1) is 6.58 Å². The lowest BCUT2D eigenvalue weighted by Crippen LogP contribution is -2.34. The van der Waals surface area contributed by atoms with Gasteiger partial charge in [0.05, 0.1) is 5.69 Å². The number of aromatic nitrogens is 1. The van der Waals surface area contributed by atoms with Gasteiger partial charge in [-0.05, 0) is 58.7 Å². The molecule has 2 nitrogen and oxygen atoms in total. The summed E-state index contributed by atoms with van der Waals surface area (Å²) in [5, 5.41) is 0. The number of hydrogen-bond donors (Lipinski definition) is 0. The molecule has 2 heteroatoms. The van der Waals surface area contributed by atoms with Crippen molar-refractivity contribution in [2.75, 3.05) is 7.05 Å². The first-order valence-electron chi connectivity index (χ1n) is 8.83.